The Morgan fingerprint density at radius 2 is 1.83 bits per heavy atom. The molecule has 2 amide bonds. The first kappa shape index (κ1) is 17.6. The molecule has 0 radical (unpaired) electrons. The maximum Gasteiger partial charge on any atom is 0.303 e. The quantitative estimate of drug-likeness (QED) is 0.744. The van der Waals surface area contributed by atoms with Gasteiger partial charge in [-0.2, -0.15) is 0 Å². The highest BCUT2D eigenvalue weighted by atomic mass is 32.1. The van der Waals surface area contributed by atoms with Gasteiger partial charge in [-0.05, 0) is 24.6 Å². The number of halogens is 1. The molecule has 0 aliphatic rings. The molecule has 0 aliphatic heterocycles. The van der Waals surface area contributed by atoms with Gasteiger partial charge in [-0.15, -0.1) is 11.3 Å². The normalized spacial score (nSPS) is 10.4. The number of nitrogens with two attached hydrogens (primary N) is 1. The zero-order valence-corrected chi connectivity index (χ0v) is 13.6. The number of rotatable bonds is 6. The number of hydrogen-bond donors (Lipinski definition) is 3. The molecule has 0 saturated carbocycles. The number of benzene rings is 1. The Bertz CT molecular complexity index is 799. The van der Waals surface area contributed by atoms with Crippen LogP contribution in [-0.4, -0.2) is 22.9 Å². The summed E-state index contributed by atoms with van der Waals surface area (Å²) in [4.78, 5) is 34.9. The fourth-order valence-corrected chi connectivity index (χ4v) is 3.34. The van der Waals surface area contributed by atoms with Crippen molar-refractivity contribution in [3.63, 3.8) is 0 Å². The number of hydrogen-bond acceptors (Lipinski definition) is 4. The van der Waals surface area contributed by atoms with E-state index in [1.54, 1.807) is 6.92 Å². The second-order valence-corrected chi connectivity index (χ2v) is 6.28. The molecule has 24 heavy (non-hydrogen) atoms. The monoisotopic (exact) mass is 350 g/mol. The van der Waals surface area contributed by atoms with Crippen molar-refractivity contribution in [2.75, 3.05) is 5.32 Å². The Balaban J connectivity index is 2.38. The molecule has 126 valence electrons. The van der Waals surface area contributed by atoms with E-state index in [0.29, 0.717) is 11.1 Å². The Kier molecular flexibility index (Phi) is 5.30. The molecule has 1 heterocycles. The third-order valence-corrected chi connectivity index (χ3v) is 4.30. The van der Waals surface area contributed by atoms with E-state index in [1.807, 2.05) is 0 Å². The average Bonchev–Trinajstić information content (AvgIpc) is 2.82. The lowest BCUT2D eigenvalue weighted by atomic mass is 10.0. The molecule has 0 saturated heterocycles. The molecular weight excluding hydrogens is 335 g/mol. The number of nitrogens with one attached hydrogen (secondary N) is 1. The van der Waals surface area contributed by atoms with Crippen LogP contribution in [0.25, 0.3) is 11.1 Å². The maximum atomic E-state index is 13.1. The molecule has 4 N–H and O–H groups in total. The molecule has 0 bridgehead atoms. The summed E-state index contributed by atoms with van der Waals surface area (Å²) in [6.07, 6.45) is -0.525. The number of carbonyl (C=O) groups is 3. The van der Waals surface area contributed by atoms with Crippen molar-refractivity contribution in [2.24, 2.45) is 5.73 Å². The zero-order valence-electron chi connectivity index (χ0n) is 12.8. The summed E-state index contributed by atoms with van der Waals surface area (Å²) < 4.78 is 13.1. The lowest BCUT2D eigenvalue weighted by molar-refractivity contribution is -0.138. The second kappa shape index (κ2) is 7.22. The van der Waals surface area contributed by atoms with Crippen molar-refractivity contribution in [1.29, 1.82) is 0 Å². The molecule has 2 aromatic rings. The third kappa shape index (κ3) is 3.96. The first-order valence-electron chi connectivity index (χ1n) is 7.00. The number of carboxylic acid groups (broad SMARTS) is 1. The van der Waals surface area contributed by atoms with Gasteiger partial charge in [-0.1, -0.05) is 12.1 Å². The molecule has 2 rings (SSSR count). The van der Waals surface area contributed by atoms with Crippen molar-refractivity contribution in [3.05, 3.63) is 40.5 Å². The fraction of sp³-hybridized carbons (Fsp3) is 0.188. The molecule has 0 spiro atoms. The summed E-state index contributed by atoms with van der Waals surface area (Å²) in [5.41, 5.74) is 6.70. The van der Waals surface area contributed by atoms with E-state index in [0.717, 1.165) is 16.2 Å². The number of carboxylic acids is 1. The largest absolute Gasteiger partial charge is 0.481 e. The first-order chi connectivity index (χ1) is 11.3. The van der Waals surface area contributed by atoms with Gasteiger partial charge in [0.05, 0.1) is 12.0 Å². The number of aliphatic carboxylic acids is 1. The van der Waals surface area contributed by atoms with E-state index in [2.05, 4.69) is 5.32 Å². The predicted molar refractivity (Wildman–Crippen MR) is 88.5 cm³/mol. The summed E-state index contributed by atoms with van der Waals surface area (Å²) in [6.45, 7) is 1.75. The van der Waals surface area contributed by atoms with E-state index < -0.39 is 23.6 Å². The van der Waals surface area contributed by atoms with Crippen LogP contribution in [0.15, 0.2) is 24.3 Å². The molecule has 6 nitrogen and oxygen atoms in total. The van der Waals surface area contributed by atoms with E-state index in [-0.39, 0.29) is 23.4 Å². The van der Waals surface area contributed by atoms with Crippen LogP contribution in [0.5, 0.6) is 0 Å². The van der Waals surface area contributed by atoms with Crippen LogP contribution in [0.4, 0.5) is 9.39 Å². The Hall–Kier alpha value is -2.74. The molecule has 0 atom stereocenters. The van der Waals surface area contributed by atoms with Gasteiger partial charge in [0, 0.05) is 16.9 Å². The molecule has 1 aromatic heterocycles. The van der Waals surface area contributed by atoms with Crippen LogP contribution < -0.4 is 11.1 Å². The van der Waals surface area contributed by atoms with E-state index >= 15 is 0 Å². The molecule has 8 heteroatoms. The average molecular weight is 350 g/mol. The van der Waals surface area contributed by atoms with Gasteiger partial charge in [0.1, 0.15) is 10.8 Å². The van der Waals surface area contributed by atoms with Gasteiger partial charge >= 0.3 is 5.97 Å². The summed E-state index contributed by atoms with van der Waals surface area (Å²) in [5, 5.41) is 11.4. The molecule has 0 unspecified atom stereocenters. The van der Waals surface area contributed by atoms with Gasteiger partial charge in [-0.25, -0.2) is 4.39 Å². The standard InChI is InChI=1S/C16H15FN2O4S/c1-8-13(9-2-4-10(17)5-3-9)14(15(18)23)16(24-8)19-11(20)6-7-12(21)22/h2-5H,6-7H2,1H3,(H2,18,23)(H,19,20)(H,21,22). The lowest BCUT2D eigenvalue weighted by Crippen LogP contribution is -2.17. The van der Waals surface area contributed by atoms with Gasteiger partial charge < -0.3 is 16.2 Å². The smallest absolute Gasteiger partial charge is 0.303 e. The highest BCUT2D eigenvalue weighted by molar-refractivity contribution is 7.17. The number of primary amides is 1. The van der Waals surface area contributed by atoms with Crippen molar-refractivity contribution in [1.82, 2.24) is 0 Å². The van der Waals surface area contributed by atoms with Crippen LogP contribution in [0.3, 0.4) is 0 Å². The summed E-state index contributed by atoms with van der Waals surface area (Å²) in [7, 11) is 0. The third-order valence-electron chi connectivity index (χ3n) is 3.28. The van der Waals surface area contributed by atoms with Gasteiger partial charge in [0.2, 0.25) is 5.91 Å². The summed E-state index contributed by atoms with van der Waals surface area (Å²) in [6, 6.07) is 5.57. The minimum Gasteiger partial charge on any atom is -0.481 e. The molecule has 0 fully saturated rings. The second-order valence-electron chi connectivity index (χ2n) is 5.05. The van der Waals surface area contributed by atoms with Crippen LogP contribution in [0, 0.1) is 12.7 Å². The van der Waals surface area contributed by atoms with Crippen LogP contribution in [0.1, 0.15) is 28.1 Å². The summed E-state index contributed by atoms with van der Waals surface area (Å²) in [5.74, 6) is -2.75. The minimum atomic E-state index is -1.09. The maximum absolute atomic E-state index is 13.1. The van der Waals surface area contributed by atoms with E-state index in [1.165, 1.54) is 24.3 Å². The molecule has 1 aromatic carbocycles. The van der Waals surface area contributed by atoms with Crippen molar-refractivity contribution in [2.45, 2.75) is 19.8 Å². The van der Waals surface area contributed by atoms with Crippen LogP contribution in [0.2, 0.25) is 0 Å². The predicted octanol–water partition coefficient (Wildman–Crippen LogP) is 2.76. The SMILES string of the molecule is Cc1sc(NC(=O)CCC(=O)O)c(C(N)=O)c1-c1ccc(F)cc1. The number of amides is 2. The first-order valence-corrected chi connectivity index (χ1v) is 7.82. The molecule has 0 aliphatic carbocycles. The van der Waals surface area contributed by atoms with E-state index in [4.69, 9.17) is 10.8 Å². The Morgan fingerprint density at radius 3 is 2.38 bits per heavy atom. The van der Waals surface area contributed by atoms with Crippen LogP contribution >= 0.6 is 11.3 Å². The number of thiophene rings is 1. The van der Waals surface area contributed by atoms with Crippen LogP contribution in [-0.2, 0) is 9.59 Å². The van der Waals surface area contributed by atoms with Crippen molar-refractivity contribution >= 4 is 34.1 Å². The van der Waals surface area contributed by atoms with Gasteiger partial charge in [0.15, 0.2) is 0 Å². The number of carbonyl (C=O) groups excluding carboxylic acids is 2. The van der Waals surface area contributed by atoms with Gasteiger partial charge in [-0.3, -0.25) is 14.4 Å². The highest BCUT2D eigenvalue weighted by Crippen LogP contribution is 2.39. The van der Waals surface area contributed by atoms with Crippen molar-refractivity contribution in [3.8, 4) is 11.1 Å². The molecular formula is C16H15FN2O4S. The number of aryl methyl sites for hydroxylation is 1. The minimum absolute atomic E-state index is 0.132. The Morgan fingerprint density at radius 1 is 1.21 bits per heavy atom. The van der Waals surface area contributed by atoms with E-state index in [9.17, 15) is 18.8 Å². The topological polar surface area (TPSA) is 109 Å². The highest BCUT2D eigenvalue weighted by Gasteiger charge is 2.22. The Labute approximate surface area is 141 Å². The lowest BCUT2D eigenvalue weighted by Gasteiger charge is -2.06. The fourth-order valence-electron chi connectivity index (χ4n) is 2.24. The summed E-state index contributed by atoms with van der Waals surface area (Å²) >= 11 is 1.16. The van der Waals surface area contributed by atoms with Gasteiger partial charge in [0.25, 0.3) is 5.91 Å². The number of anilines is 1. The van der Waals surface area contributed by atoms with Crippen molar-refractivity contribution < 1.29 is 23.9 Å². The zero-order chi connectivity index (χ0) is 17.9.